The second kappa shape index (κ2) is 8.11. The number of nitrogens with one attached hydrogen (secondary N) is 1. The molecule has 0 bridgehead atoms. The molecule has 30 heavy (non-hydrogen) atoms. The molecule has 0 spiro atoms. The molecule has 2 N–H and O–H groups in total. The van der Waals surface area contributed by atoms with Crippen LogP contribution in [0.5, 0.6) is 5.75 Å². The number of hydrogen-bond donors (Lipinski definition) is 2. The van der Waals surface area contributed by atoms with Crippen molar-refractivity contribution in [1.29, 1.82) is 0 Å². The van der Waals surface area contributed by atoms with Crippen molar-refractivity contribution in [1.82, 2.24) is 4.72 Å². The molecule has 4 aromatic rings. The highest BCUT2D eigenvalue weighted by Gasteiger charge is 2.26. The van der Waals surface area contributed by atoms with Crippen LogP contribution >= 0.6 is 11.6 Å². The minimum Gasteiger partial charge on any atom is -0.507 e. The largest absolute Gasteiger partial charge is 0.507 e. The van der Waals surface area contributed by atoms with Crippen LogP contribution in [-0.4, -0.2) is 13.5 Å². The maximum atomic E-state index is 13.1. The van der Waals surface area contributed by atoms with Crippen molar-refractivity contribution in [3.63, 3.8) is 0 Å². The van der Waals surface area contributed by atoms with Gasteiger partial charge in [-0.05, 0) is 30.7 Å². The summed E-state index contributed by atoms with van der Waals surface area (Å²) in [5.41, 5.74) is 2.04. The summed E-state index contributed by atoms with van der Waals surface area (Å²) in [4.78, 5) is 0.153. The van der Waals surface area contributed by atoms with Crippen LogP contribution < -0.4 is 4.72 Å². The van der Waals surface area contributed by atoms with Gasteiger partial charge in [0.2, 0.25) is 10.0 Å². The third-order valence-corrected chi connectivity index (χ3v) is 6.79. The summed E-state index contributed by atoms with van der Waals surface area (Å²) in [5.74, 6) is -0.00420. The topological polar surface area (TPSA) is 66.4 Å². The lowest BCUT2D eigenvalue weighted by molar-refractivity contribution is 0.469. The van der Waals surface area contributed by atoms with Gasteiger partial charge in [-0.2, -0.15) is 4.72 Å². The highest BCUT2D eigenvalue weighted by atomic mass is 35.5. The van der Waals surface area contributed by atoms with Gasteiger partial charge >= 0.3 is 0 Å². The number of fused-ring (bicyclic) bond motifs is 1. The van der Waals surface area contributed by atoms with E-state index in [1.54, 1.807) is 42.5 Å². The molecule has 4 nitrogen and oxygen atoms in total. The lowest BCUT2D eigenvalue weighted by atomic mass is 9.95. The summed E-state index contributed by atoms with van der Waals surface area (Å²) < 4.78 is 29.0. The number of aromatic hydroxyl groups is 1. The minimum absolute atomic E-state index is 0.00420. The first kappa shape index (κ1) is 20.4. The number of benzene rings is 4. The Kier molecular flexibility index (Phi) is 5.52. The predicted octanol–water partition coefficient (Wildman–Crippen LogP) is 5.58. The maximum Gasteiger partial charge on any atom is 0.241 e. The van der Waals surface area contributed by atoms with Gasteiger partial charge in [0.05, 0.1) is 10.9 Å². The standard InChI is InChI=1S/C24H20ClNO3S/c1-16-11-13-18(14-12-16)30(28,29)26-23(17-7-3-2-4-8-17)21-15-22(25)19-9-5-6-10-20(19)24(21)27/h2-15,23,26-27H,1H3/t23-/m1/s1. The SMILES string of the molecule is Cc1ccc(S(=O)(=O)N[C@H](c2ccccc2)c2cc(Cl)c3ccccc3c2O)cc1. The highest BCUT2D eigenvalue weighted by molar-refractivity contribution is 7.89. The third-order valence-electron chi connectivity index (χ3n) is 5.04. The number of aryl methyl sites for hydroxylation is 1. The van der Waals surface area contributed by atoms with Crippen LogP contribution in [0, 0.1) is 6.92 Å². The van der Waals surface area contributed by atoms with Gasteiger partial charge in [-0.3, -0.25) is 0 Å². The highest BCUT2D eigenvalue weighted by Crippen LogP contribution is 2.39. The van der Waals surface area contributed by atoms with E-state index in [-0.39, 0.29) is 10.6 Å². The fourth-order valence-corrected chi connectivity index (χ4v) is 4.94. The van der Waals surface area contributed by atoms with Gasteiger partial charge in [-0.1, -0.05) is 83.9 Å². The molecule has 0 unspecified atom stereocenters. The molecule has 0 saturated heterocycles. The van der Waals surface area contributed by atoms with Crippen molar-refractivity contribution in [2.75, 3.05) is 0 Å². The van der Waals surface area contributed by atoms with Crippen LogP contribution in [0.4, 0.5) is 0 Å². The van der Waals surface area contributed by atoms with Crippen molar-refractivity contribution in [3.05, 3.63) is 107 Å². The smallest absolute Gasteiger partial charge is 0.241 e. The molecular formula is C24H20ClNO3S. The third kappa shape index (κ3) is 3.92. The van der Waals surface area contributed by atoms with Gasteiger partial charge < -0.3 is 5.11 Å². The zero-order chi connectivity index (χ0) is 21.3. The van der Waals surface area contributed by atoms with Gasteiger partial charge in [0.1, 0.15) is 5.75 Å². The van der Waals surface area contributed by atoms with Gasteiger partial charge in [-0.15, -0.1) is 0 Å². The molecule has 0 aliphatic rings. The molecular weight excluding hydrogens is 418 g/mol. The van der Waals surface area contributed by atoms with E-state index in [1.165, 1.54) is 0 Å². The predicted molar refractivity (Wildman–Crippen MR) is 120 cm³/mol. The molecule has 0 fully saturated rings. The van der Waals surface area contributed by atoms with Crippen LogP contribution in [0.15, 0.2) is 89.8 Å². The first-order valence-electron chi connectivity index (χ1n) is 9.41. The van der Waals surface area contributed by atoms with Crippen LogP contribution in [-0.2, 0) is 10.0 Å². The van der Waals surface area contributed by atoms with Gasteiger partial charge in [0.15, 0.2) is 0 Å². The van der Waals surface area contributed by atoms with Crippen molar-refractivity contribution < 1.29 is 13.5 Å². The van der Waals surface area contributed by atoms with Crippen molar-refractivity contribution in [2.24, 2.45) is 0 Å². The Morgan fingerprint density at radius 1 is 0.867 bits per heavy atom. The molecule has 0 radical (unpaired) electrons. The summed E-state index contributed by atoms with van der Waals surface area (Å²) >= 11 is 6.48. The molecule has 6 heteroatoms. The number of phenols is 1. The average molecular weight is 438 g/mol. The maximum absolute atomic E-state index is 13.1. The first-order chi connectivity index (χ1) is 14.4. The molecule has 0 amide bonds. The van der Waals surface area contributed by atoms with Crippen molar-refractivity contribution in [2.45, 2.75) is 17.9 Å². The van der Waals surface area contributed by atoms with E-state index in [4.69, 9.17) is 11.6 Å². The lowest BCUT2D eigenvalue weighted by Gasteiger charge is -2.22. The minimum atomic E-state index is -3.86. The Morgan fingerprint density at radius 3 is 2.13 bits per heavy atom. The molecule has 0 aliphatic carbocycles. The molecule has 0 saturated carbocycles. The van der Waals surface area contributed by atoms with E-state index >= 15 is 0 Å². The normalized spacial score (nSPS) is 12.7. The Morgan fingerprint density at radius 2 is 1.47 bits per heavy atom. The molecule has 0 aliphatic heterocycles. The summed E-state index contributed by atoms with van der Waals surface area (Å²) in [7, 11) is -3.86. The van der Waals surface area contributed by atoms with E-state index in [2.05, 4.69) is 4.72 Å². The second-order valence-corrected chi connectivity index (χ2v) is 9.24. The molecule has 0 heterocycles. The monoisotopic (exact) mass is 437 g/mol. The second-order valence-electron chi connectivity index (χ2n) is 7.12. The number of sulfonamides is 1. The summed E-state index contributed by atoms with van der Waals surface area (Å²) in [6, 6.07) is 23.7. The number of rotatable bonds is 5. The number of halogens is 1. The molecule has 4 rings (SSSR count). The Labute approximate surface area is 180 Å². The Hall–Kier alpha value is -2.86. The molecule has 4 aromatic carbocycles. The lowest BCUT2D eigenvalue weighted by Crippen LogP contribution is -2.29. The quantitative estimate of drug-likeness (QED) is 0.428. The van der Waals surface area contributed by atoms with E-state index < -0.39 is 16.1 Å². The Balaban J connectivity index is 1.87. The first-order valence-corrected chi connectivity index (χ1v) is 11.3. The average Bonchev–Trinajstić information content (AvgIpc) is 2.76. The number of phenolic OH excluding ortho intramolecular Hbond substituents is 1. The fourth-order valence-electron chi connectivity index (χ4n) is 3.45. The molecule has 1 atom stereocenters. The Bertz CT molecular complexity index is 1300. The summed E-state index contributed by atoms with van der Waals surface area (Å²) in [6.45, 7) is 1.89. The van der Waals surface area contributed by atoms with Crippen LogP contribution in [0.3, 0.4) is 0 Å². The van der Waals surface area contributed by atoms with Gasteiger partial charge in [-0.25, -0.2) is 8.42 Å². The van der Waals surface area contributed by atoms with Crippen molar-refractivity contribution in [3.8, 4) is 5.75 Å². The van der Waals surface area contributed by atoms with Crippen molar-refractivity contribution >= 4 is 32.4 Å². The van der Waals surface area contributed by atoms with Crippen LogP contribution in [0.1, 0.15) is 22.7 Å². The van der Waals surface area contributed by atoms with Crippen LogP contribution in [0.25, 0.3) is 10.8 Å². The molecule has 152 valence electrons. The van der Waals surface area contributed by atoms with Gasteiger partial charge in [0.25, 0.3) is 0 Å². The van der Waals surface area contributed by atoms with E-state index in [1.807, 2.05) is 49.4 Å². The zero-order valence-electron chi connectivity index (χ0n) is 16.2. The van der Waals surface area contributed by atoms with Crippen LogP contribution in [0.2, 0.25) is 5.02 Å². The van der Waals surface area contributed by atoms with E-state index in [0.29, 0.717) is 26.9 Å². The molecule has 0 aromatic heterocycles. The zero-order valence-corrected chi connectivity index (χ0v) is 17.8. The summed E-state index contributed by atoms with van der Waals surface area (Å²) in [6.07, 6.45) is 0. The van der Waals surface area contributed by atoms with E-state index in [0.717, 1.165) is 5.56 Å². The van der Waals surface area contributed by atoms with Gasteiger partial charge in [0, 0.05) is 21.4 Å². The van der Waals surface area contributed by atoms with E-state index in [9.17, 15) is 13.5 Å². The fraction of sp³-hybridized carbons (Fsp3) is 0.0833. The number of hydrogen-bond acceptors (Lipinski definition) is 3. The summed E-state index contributed by atoms with van der Waals surface area (Å²) in [5, 5.41) is 12.7.